The van der Waals surface area contributed by atoms with Crippen LogP contribution in [0.1, 0.15) is 24.5 Å². The van der Waals surface area contributed by atoms with Crippen LogP contribution in [0.4, 0.5) is 0 Å². The molecule has 5 nitrogen and oxygen atoms in total. The Morgan fingerprint density at radius 3 is 2.52 bits per heavy atom. The van der Waals surface area contributed by atoms with Gasteiger partial charge in [0.05, 0.1) is 11.9 Å². The van der Waals surface area contributed by atoms with Crippen LogP contribution in [0, 0.1) is 0 Å². The van der Waals surface area contributed by atoms with Gasteiger partial charge in [0.25, 0.3) is 0 Å². The van der Waals surface area contributed by atoms with Crippen molar-refractivity contribution < 1.29 is 13.2 Å². The zero-order valence-electron chi connectivity index (χ0n) is 12.7. The minimum absolute atomic E-state index is 0.0299. The SMILES string of the molecule is CCNCc1ccc(CS(=O)(=O)N2CCC(OC)C2)cc1. The number of benzene rings is 1. The Kier molecular flexibility index (Phi) is 5.75. The lowest BCUT2D eigenvalue weighted by Gasteiger charge is -2.16. The first-order valence-corrected chi connectivity index (χ1v) is 8.95. The first-order chi connectivity index (χ1) is 10.0. The first-order valence-electron chi connectivity index (χ1n) is 7.34. The molecule has 1 aliphatic rings. The molecule has 0 aliphatic carbocycles. The van der Waals surface area contributed by atoms with Crippen LogP contribution in [0.2, 0.25) is 0 Å². The quantitative estimate of drug-likeness (QED) is 0.825. The molecule has 0 radical (unpaired) electrons. The molecule has 1 aromatic carbocycles. The average molecular weight is 312 g/mol. The predicted octanol–water partition coefficient (Wildman–Crippen LogP) is 1.35. The van der Waals surface area contributed by atoms with Crippen LogP contribution >= 0.6 is 0 Å². The van der Waals surface area contributed by atoms with Crippen LogP contribution in [-0.2, 0) is 27.1 Å². The standard InChI is InChI=1S/C15H24N2O3S/c1-3-16-10-13-4-6-14(7-5-13)12-21(18,19)17-9-8-15(11-17)20-2/h4-7,15-16H,3,8-12H2,1-2H3. The van der Waals surface area contributed by atoms with E-state index in [2.05, 4.69) is 12.2 Å². The lowest BCUT2D eigenvalue weighted by Crippen LogP contribution is -2.31. The van der Waals surface area contributed by atoms with E-state index < -0.39 is 10.0 Å². The highest BCUT2D eigenvalue weighted by molar-refractivity contribution is 7.88. The molecule has 1 atom stereocenters. The van der Waals surface area contributed by atoms with Crippen LogP contribution in [0.25, 0.3) is 0 Å². The Bertz CT molecular complexity index is 543. The highest BCUT2D eigenvalue weighted by Gasteiger charge is 2.31. The van der Waals surface area contributed by atoms with E-state index in [1.807, 2.05) is 24.3 Å². The molecule has 21 heavy (non-hydrogen) atoms. The van der Waals surface area contributed by atoms with Crippen molar-refractivity contribution in [2.24, 2.45) is 0 Å². The number of nitrogens with zero attached hydrogens (tertiary/aromatic N) is 1. The van der Waals surface area contributed by atoms with Crippen molar-refractivity contribution >= 4 is 10.0 Å². The molecular weight excluding hydrogens is 288 g/mol. The van der Waals surface area contributed by atoms with Crippen LogP contribution in [0.5, 0.6) is 0 Å². The third-order valence-electron chi connectivity index (χ3n) is 3.79. The number of sulfonamides is 1. The Morgan fingerprint density at radius 1 is 1.29 bits per heavy atom. The van der Waals surface area contributed by atoms with Crippen molar-refractivity contribution in [1.82, 2.24) is 9.62 Å². The van der Waals surface area contributed by atoms with Gasteiger partial charge in [-0.15, -0.1) is 0 Å². The van der Waals surface area contributed by atoms with E-state index in [4.69, 9.17) is 4.74 Å². The normalized spacial score (nSPS) is 20.0. The Labute approximate surface area is 127 Å². The topological polar surface area (TPSA) is 58.6 Å². The second-order valence-corrected chi connectivity index (χ2v) is 7.33. The summed E-state index contributed by atoms with van der Waals surface area (Å²) in [5.41, 5.74) is 2.00. The highest BCUT2D eigenvalue weighted by atomic mass is 32.2. The number of nitrogens with one attached hydrogen (secondary N) is 1. The minimum atomic E-state index is -3.25. The van der Waals surface area contributed by atoms with Gasteiger partial charge in [-0.3, -0.25) is 0 Å². The summed E-state index contributed by atoms with van der Waals surface area (Å²) >= 11 is 0. The second kappa shape index (κ2) is 7.35. The van der Waals surface area contributed by atoms with Gasteiger partial charge in [-0.1, -0.05) is 31.2 Å². The molecule has 1 fully saturated rings. The molecule has 118 valence electrons. The number of rotatable bonds is 7. The Hall–Kier alpha value is -0.950. The molecule has 0 aromatic heterocycles. The third kappa shape index (κ3) is 4.51. The second-order valence-electron chi connectivity index (χ2n) is 5.36. The summed E-state index contributed by atoms with van der Waals surface area (Å²) in [5, 5.41) is 3.25. The van der Waals surface area contributed by atoms with E-state index in [0.717, 1.165) is 25.1 Å². The fourth-order valence-corrected chi connectivity index (χ4v) is 4.04. The van der Waals surface area contributed by atoms with E-state index in [0.29, 0.717) is 13.1 Å². The third-order valence-corrected chi connectivity index (χ3v) is 5.60. The fourth-order valence-electron chi connectivity index (χ4n) is 2.47. The molecule has 0 spiro atoms. The summed E-state index contributed by atoms with van der Waals surface area (Å²) in [6.07, 6.45) is 0.805. The van der Waals surface area contributed by atoms with Gasteiger partial charge in [0.15, 0.2) is 0 Å². The molecule has 1 aromatic rings. The smallest absolute Gasteiger partial charge is 0.218 e. The molecule has 1 N–H and O–H groups in total. The van der Waals surface area contributed by atoms with Crippen molar-refractivity contribution in [3.8, 4) is 0 Å². The van der Waals surface area contributed by atoms with Gasteiger partial charge in [-0.2, -0.15) is 4.31 Å². The summed E-state index contributed by atoms with van der Waals surface area (Å²) < 4.78 is 31.5. The Balaban J connectivity index is 1.97. The van der Waals surface area contributed by atoms with Crippen molar-refractivity contribution in [2.75, 3.05) is 26.7 Å². The lowest BCUT2D eigenvalue weighted by atomic mass is 10.1. The largest absolute Gasteiger partial charge is 0.380 e. The van der Waals surface area contributed by atoms with Crippen LogP contribution in [0.3, 0.4) is 0 Å². The van der Waals surface area contributed by atoms with Crippen molar-refractivity contribution in [1.29, 1.82) is 0 Å². The number of ether oxygens (including phenoxy) is 1. The van der Waals surface area contributed by atoms with E-state index in [9.17, 15) is 8.42 Å². The van der Waals surface area contributed by atoms with E-state index in [1.165, 1.54) is 9.87 Å². The fraction of sp³-hybridized carbons (Fsp3) is 0.600. The van der Waals surface area contributed by atoms with Gasteiger partial charge in [0, 0.05) is 26.7 Å². The highest BCUT2D eigenvalue weighted by Crippen LogP contribution is 2.19. The van der Waals surface area contributed by atoms with Crippen molar-refractivity contribution in [2.45, 2.75) is 31.7 Å². The zero-order chi connectivity index (χ0) is 15.3. The summed E-state index contributed by atoms with van der Waals surface area (Å²) in [5.74, 6) is 0.0604. The van der Waals surface area contributed by atoms with Gasteiger partial charge >= 0.3 is 0 Å². The number of hydrogen-bond donors (Lipinski definition) is 1. The van der Waals surface area contributed by atoms with E-state index >= 15 is 0 Å². The van der Waals surface area contributed by atoms with Gasteiger partial charge in [-0.05, 0) is 24.1 Å². The van der Waals surface area contributed by atoms with Gasteiger partial charge in [0.2, 0.25) is 10.0 Å². The molecular formula is C15H24N2O3S. The van der Waals surface area contributed by atoms with Crippen LogP contribution in [-0.4, -0.2) is 45.6 Å². The van der Waals surface area contributed by atoms with E-state index in [-0.39, 0.29) is 11.9 Å². The molecule has 1 unspecified atom stereocenters. The molecule has 1 heterocycles. The molecule has 1 saturated heterocycles. The minimum Gasteiger partial charge on any atom is -0.380 e. The van der Waals surface area contributed by atoms with Gasteiger partial charge in [0.1, 0.15) is 0 Å². The maximum Gasteiger partial charge on any atom is 0.218 e. The molecule has 2 rings (SSSR count). The van der Waals surface area contributed by atoms with Crippen LogP contribution in [0.15, 0.2) is 24.3 Å². The monoisotopic (exact) mass is 312 g/mol. The van der Waals surface area contributed by atoms with Gasteiger partial charge in [-0.25, -0.2) is 8.42 Å². The predicted molar refractivity (Wildman–Crippen MR) is 83.4 cm³/mol. The molecule has 0 bridgehead atoms. The average Bonchev–Trinajstić information content (AvgIpc) is 2.96. The lowest BCUT2D eigenvalue weighted by molar-refractivity contribution is 0.115. The molecule has 0 saturated carbocycles. The molecule has 1 aliphatic heterocycles. The summed E-state index contributed by atoms with van der Waals surface area (Å²) in [6, 6.07) is 7.76. The Morgan fingerprint density at radius 2 is 1.95 bits per heavy atom. The number of methoxy groups -OCH3 is 1. The van der Waals surface area contributed by atoms with Crippen molar-refractivity contribution in [3.63, 3.8) is 0 Å². The van der Waals surface area contributed by atoms with E-state index in [1.54, 1.807) is 7.11 Å². The first kappa shape index (κ1) is 16.4. The molecule has 6 heteroatoms. The van der Waals surface area contributed by atoms with Crippen LogP contribution < -0.4 is 5.32 Å². The maximum absolute atomic E-state index is 12.4. The van der Waals surface area contributed by atoms with Crippen molar-refractivity contribution in [3.05, 3.63) is 35.4 Å². The summed E-state index contributed by atoms with van der Waals surface area (Å²) in [7, 11) is -1.62. The zero-order valence-corrected chi connectivity index (χ0v) is 13.5. The maximum atomic E-state index is 12.4. The number of hydrogen-bond acceptors (Lipinski definition) is 4. The summed E-state index contributed by atoms with van der Waals surface area (Å²) in [6.45, 7) is 4.82. The van der Waals surface area contributed by atoms with Gasteiger partial charge < -0.3 is 10.1 Å². The molecule has 0 amide bonds. The summed E-state index contributed by atoms with van der Waals surface area (Å²) in [4.78, 5) is 0.